The first kappa shape index (κ1) is 24.3. The molecule has 0 aromatic rings. The van der Waals surface area contributed by atoms with E-state index in [1.54, 1.807) is 7.05 Å². The van der Waals surface area contributed by atoms with Gasteiger partial charge in [-0.2, -0.15) is 0 Å². The third-order valence-electron chi connectivity index (χ3n) is 4.57. The van der Waals surface area contributed by atoms with Crippen LogP contribution in [0, 0.1) is 5.41 Å². The maximum absolute atomic E-state index is 11.9. The predicted octanol–water partition coefficient (Wildman–Crippen LogP) is 1.60. The molecule has 1 heterocycles. The molecule has 158 valence electrons. The predicted molar refractivity (Wildman–Crippen MR) is 118 cm³/mol. The van der Waals surface area contributed by atoms with Gasteiger partial charge in [0, 0.05) is 38.4 Å². The molecular weight excluding hydrogens is 483 g/mol. The SMILES string of the molecule is CN=C(NCC1(CS(C)(=O)=O)CC1)N1CC[C@@H](NC(=O)OC(C)(C)C)C1.I. The Bertz CT molecular complexity index is 656. The normalized spacial score (nSPS) is 22.0. The maximum Gasteiger partial charge on any atom is 0.407 e. The molecule has 0 aromatic carbocycles. The fourth-order valence-corrected chi connectivity index (χ4v) is 4.75. The van der Waals surface area contributed by atoms with Gasteiger partial charge in [-0.05, 0) is 40.0 Å². The summed E-state index contributed by atoms with van der Waals surface area (Å²) in [6, 6.07) is 0.00862. The maximum atomic E-state index is 11.9. The summed E-state index contributed by atoms with van der Waals surface area (Å²) in [7, 11) is -1.27. The molecule has 0 bridgehead atoms. The molecule has 10 heteroatoms. The summed E-state index contributed by atoms with van der Waals surface area (Å²) in [5.41, 5.74) is -0.671. The van der Waals surface area contributed by atoms with Crippen molar-refractivity contribution >= 4 is 45.9 Å². The molecule has 0 unspecified atom stereocenters. The molecule has 1 aliphatic carbocycles. The summed E-state index contributed by atoms with van der Waals surface area (Å²) in [4.78, 5) is 18.3. The summed E-state index contributed by atoms with van der Waals surface area (Å²) in [5, 5.41) is 6.21. The summed E-state index contributed by atoms with van der Waals surface area (Å²) >= 11 is 0. The lowest BCUT2D eigenvalue weighted by Gasteiger charge is -2.25. The fraction of sp³-hybridized carbons (Fsp3) is 0.882. The van der Waals surface area contributed by atoms with E-state index in [4.69, 9.17) is 4.74 Å². The van der Waals surface area contributed by atoms with Gasteiger partial charge < -0.3 is 20.3 Å². The van der Waals surface area contributed by atoms with E-state index in [9.17, 15) is 13.2 Å². The number of amides is 1. The second-order valence-corrected chi connectivity index (χ2v) is 10.7. The Labute approximate surface area is 179 Å². The van der Waals surface area contributed by atoms with Crippen LogP contribution in [0.2, 0.25) is 0 Å². The van der Waals surface area contributed by atoms with Crippen LogP contribution in [-0.4, -0.2) is 75.7 Å². The molecule has 1 atom stereocenters. The highest BCUT2D eigenvalue weighted by Crippen LogP contribution is 2.46. The molecule has 1 saturated heterocycles. The largest absolute Gasteiger partial charge is 0.444 e. The molecule has 2 N–H and O–H groups in total. The first-order valence-corrected chi connectivity index (χ1v) is 11.1. The minimum absolute atomic E-state index is 0. The second kappa shape index (κ2) is 9.15. The molecule has 2 fully saturated rings. The van der Waals surface area contributed by atoms with Crippen LogP contribution < -0.4 is 10.6 Å². The molecule has 2 rings (SSSR count). The van der Waals surface area contributed by atoms with Crippen LogP contribution in [0.25, 0.3) is 0 Å². The van der Waals surface area contributed by atoms with Gasteiger partial charge in [-0.1, -0.05) is 0 Å². The monoisotopic (exact) mass is 516 g/mol. The zero-order valence-corrected chi connectivity index (χ0v) is 20.0. The molecule has 0 spiro atoms. The van der Waals surface area contributed by atoms with Gasteiger partial charge in [0.1, 0.15) is 15.4 Å². The van der Waals surface area contributed by atoms with E-state index in [0.29, 0.717) is 13.1 Å². The van der Waals surface area contributed by atoms with Crippen LogP contribution in [0.5, 0.6) is 0 Å². The van der Waals surface area contributed by atoms with E-state index >= 15 is 0 Å². The van der Waals surface area contributed by atoms with E-state index in [1.165, 1.54) is 6.26 Å². The Hall–Kier alpha value is -0.780. The topological polar surface area (TPSA) is 100 Å². The molecule has 0 aromatic heterocycles. The van der Waals surface area contributed by atoms with Crippen LogP contribution in [0.15, 0.2) is 4.99 Å². The van der Waals surface area contributed by atoms with Crippen molar-refractivity contribution in [3.05, 3.63) is 0 Å². The van der Waals surface area contributed by atoms with Crippen LogP contribution in [0.1, 0.15) is 40.0 Å². The average molecular weight is 516 g/mol. The summed E-state index contributed by atoms with van der Waals surface area (Å²) in [5.74, 6) is 0.963. The van der Waals surface area contributed by atoms with Crippen molar-refractivity contribution in [3.63, 3.8) is 0 Å². The van der Waals surface area contributed by atoms with E-state index in [2.05, 4.69) is 20.5 Å². The fourth-order valence-electron chi connectivity index (χ4n) is 3.25. The third-order valence-corrected chi connectivity index (χ3v) is 5.70. The number of hydrogen-bond donors (Lipinski definition) is 2. The van der Waals surface area contributed by atoms with Crippen molar-refractivity contribution in [1.29, 1.82) is 0 Å². The number of halogens is 1. The van der Waals surface area contributed by atoms with Gasteiger partial charge in [-0.3, -0.25) is 4.99 Å². The number of guanidine groups is 1. The van der Waals surface area contributed by atoms with Crippen molar-refractivity contribution < 1.29 is 17.9 Å². The number of carbonyl (C=O) groups excluding carboxylic acids is 1. The molecule has 2 aliphatic rings. The van der Waals surface area contributed by atoms with Gasteiger partial charge in [0.2, 0.25) is 0 Å². The Balaban J connectivity index is 0.00000364. The zero-order chi connectivity index (χ0) is 19.6. The minimum atomic E-state index is -2.99. The first-order chi connectivity index (χ1) is 11.9. The quantitative estimate of drug-likeness (QED) is 0.327. The van der Waals surface area contributed by atoms with Gasteiger partial charge in [0.05, 0.1) is 11.8 Å². The van der Waals surface area contributed by atoms with Crippen LogP contribution in [0.4, 0.5) is 4.79 Å². The Morgan fingerprint density at radius 3 is 2.44 bits per heavy atom. The minimum Gasteiger partial charge on any atom is -0.444 e. The lowest BCUT2D eigenvalue weighted by Crippen LogP contribution is -2.45. The van der Waals surface area contributed by atoms with Crippen molar-refractivity contribution in [1.82, 2.24) is 15.5 Å². The molecule has 0 radical (unpaired) electrons. The van der Waals surface area contributed by atoms with E-state index in [0.717, 1.165) is 31.8 Å². The number of hydrogen-bond acceptors (Lipinski definition) is 5. The Kier molecular flexibility index (Phi) is 8.22. The number of nitrogens with zero attached hydrogens (tertiary/aromatic N) is 2. The van der Waals surface area contributed by atoms with Crippen LogP contribution in [0.3, 0.4) is 0 Å². The molecule has 1 saturated carbocycles. The number of carbonyl (C=O) groups is 1. The highest BCUT2D eigenvalue weighted by Gasteiger charge is 2.45. The van der Waals surface area contributed by atoms with Gasteiger partial charge in [0.25, 0.3) is 0 Å². The van der Waals surface area contributed by atoms with E-state index in [1.807, 2.05) is 20.8 Å². The summed E-state index contributed by atoms with van der Waals surface area (Å²) in [6.45, 7) is 7.54. The highest BCUT2D eigenvalue weighted by atomic mass is 127. The van der Waals surface area contributed by atoms with Gasteiger partial charge in [-0.25, -0.2) is 13.2 Å². The number of nitrogens with one attached hydrogen (secondary N) is 2. The second-order valence-electron chi connectivity index (χ2n) is 8.55. The molecular formula is C17H33IN4O4S. The van der Waals surface area contributed by atoms with E-state index < -0.39 is 21.5 Å². The molecule has 1 amide bonds. The number of ether oxygens (including phenoxy) is 1. The molecule has 8 nitrogen and oxygen atoms in total. The van der Waals surface area contributed by atoms with Crippen LogP contribution >= 0.6 is 24.0 Å². The first-order valence-electron chi connectivity index (χ1n) is 9.04. The lowest BCUT2D eigenvalue weighted by atomic mass is 10.1. The number of sulfone groups is 1. The molecule has 27 heavy (non-hydrogen) atoms. The standard InChI is InChI=1S/C17H32N4O4S.HI/c1-16(2,3)25-15(22)20-13-6-9-21(10-13)14(18-4)19-11-17(7-8-17)12-26(5,23)24;/h13H,6-12H2,1-5H3,(H,18,19)(H,20,22);1H/t13-;/m1./s1. The summed E-state index contributed by atoms with van der Waals surface area (Å²) in [6.07, 6.45) is 3.54. The highest BCUT2D eigenvalue weighted by molar-refractivity contribution is 14.0. The lowest BCUT2D eigenvalue weighted by molar-refractivity contribution is 0.0507. The Morgan fingerprint density at radius 2 is 1.96 bits per heavy atom. The number of aliphatic imine (C=N–C) groups is 1. The van der Waals surface area contributed by atoms with Crippen molar-refractivity contribution in [2.75, 3.05) is 38.7 Å². The van der Waals surface area contributed by atoms with Gasteiger partial charge in [-0.15, -0.1) is 24.0 Å². The van der Waals surface area contributed by atoms with Crippen LogP contribution in [-0.2, 0) is 14.6 Å². The number of likely N-dealkylation sites (tertiary alicyclic amines) is 1. The molecule has 1 aliphatic heterocycles. The average Bonchev–Trinajstić information content (AvgIpc) is 3.03. The number of rotatable bonds is 5. The van der Waals surface area contributed by atoms with Gasteiger partial charge in [0.15, 0.2) is 5.96 Å². The third kappa shape index (κ3) is 8.41. The van der Waals surface area contributed by atoms with Crippen molar-refractivity contribution in [2.24, 2.45) is 10.4 Å². The van der Waals surface area contributed by atoms with Crippen molar-refractivity contribution in [3.8, 4) is 0 Å². The number of alkyl carbamates (subject to hydrolysis) is 1. The Morgan fingerprint density at radius 1 is 1.33 bits per heavy atom. The summed E-state index contributed by atoms with van der Waals surface area (Å²) < 4.78 is 28.5. The zero-order valence-electron chi connectivity index (χ0n) is 16.9. The van der Waals surface area contributed by atoms with Gasteiger partial charge >= 0.3 is 6.09 Å². The van der Waals surface area contributed by atoms with E-state index in [-0.39, 0.29) is 41.2 Å². The smallest absolute Gasteiger partial charge is 0.407 e. The van der Waals surface area contributed by atoms with Crippen molar-refractivity contribution in [2.45, 2.75) is 51.7 Å².